The molecule has 0 radical (unpaired) electrons. The Hall–Kier alpha value is -1.89. The molecule has 0 aliphatic heterocycles. The first-order chi connectivity index (χ1) is 12.2. The number of hydrogen-bond acceptors (Lipinski definition) is 5. The lowest BCUT2D eigenvalue weighted by Gasteiger charge is -2.34. The molecule has 0 bridgehead atoms. The standard InChI is InChI=1S/C19H28N4O2/c1-20-8-9-23(2)13-15-12-21-22-19(15)14-4-6-16(7-5-14)25-18-10-17(11-18)24-3/h4-7,12,17-18,20H,8-11,13H2,1-3H3,(H,21,22). The van der Waals surface area contributed by atoms with E-state index in [1.54, 1.807) is 7.11 Å². The first-order valence-electron chi connectivity index (χ1n) is 8.85. The van der Waals surface area contributed by atoms with Gasteiger partial charge in [-0.05, 0) is 38.4 Å². The third-order valence-corrected chi connectivity index (χ3v) is 4.73. The van der Waals surface area contributed by atoms with Crippen molar-refractivity contribution in [1.82, 2.24) is 20.4 Å². The number of benzene rings is 1. The van der Waals surface area contributed by atoms with Gasteiger partial charge in [-0.1, -0.05) is 0 Å². The van der Waals surface area contributed by atoms with Gasteiger partial charge in [0.2, 0.25) is 0 Å². The van der Waals surface area contributed by atoms with Crippen molar-refractivity contribution in [3.05, 3.63) is 36.0 Å². The second-order valence-electron chi connectivity index (χ2n) is 6.70. The number of likely N-dealkylation sites (N-methyl/N-ethyl adjacent to an activating group) is 2. The number of nitrogens with zero attached hydrogens (tertiary/aromatic N) is 2. The number of rotatable bonds is 9. The van der Waals surface area contributed by atoms with E-state index in [9.17, 15) is 0 Å². The van der Waals surface area contributed by atoms with Crippen molar-refractivity contribution in [2.75, 3.05) is 34.3 Å². The van der Waals surface area contributed by atoms with Gasteiger partial charge in [0, 0.05) is 50.7 Å². The van der Waals surface area contributed by atoms with Crippen LogP contribution >= 0.6 is 0 Å². The van der Waals surface area contributed by atoms with Gasteiger partial charge in [0.1, 0.15) is 11.9 Å². The number of aromatic nitrogens is 2. The smallest absolute Gasteiger partial charge is 0.119 e. The van der Waals surface area contributed by atoms with Crippen molar-refractivity contribution < 1.29 is 9.47 Å². The summed E-state index contributed by atoms with van der Waals surface area (Å²) in [5.74, 6) is 0.913. The van der Waals surface area contributed by atoms with Gasteiger partial charge < -0.3 is 19.7 Å². The molecule has 1 heterocycles. The Kier molecular flexibility index (Phi) is 6.07. The highest BCUT2D eigenvalue weighted by Gasteiger charge is 2.30. The fourth-order valence-corrected chi connectivity index (χ4v) is 3.05. The summed E-state index contributed by atoms with van der Waals surface area (Å²) in [6, 6.07) is 8.24. The van der Waals surface area contributed by atoms with Crippen LogP contribution in [0.4, 0.5) is 0 Å². The number of ether oxygens (including phenoxy) is 2. The van der Waals surface area contributed by atoms with Crippen LogP contribution in [-0.2, 0) is 11.3 Å². The zero-order valence-corrected chi connectivity index (χ0v) is 15.3. The highest BCUT2D eigenvalue weighted by Crippen LogP contribution is 2.29. The fourth-order valence-electron chi connectivity index (χ4n) is 3.05. The van der Waals surface area contributed by atoms with Gasteiger partial charge in [0.05, 0.1) is 18.0 Å². The van der Waals surface area contributed by atoms with Crippen molar-refractivity contribution in [2.24, 2.45) is 0 Å². The average molecular weight is 344 g/mol. The summed E-state index contributed by atoms with van der Waals surface area (Å²) in [6.07, 6.45) is 4.50. The number of methoxy groups -OCH3 is 1. The predicted molar refractivity (Wildman–Crippen MR) is 98.7 cm³/mol. The third kappa shape index (κ3) is 4.60. The maximum Gasteiger partial charge on any atom is 0.119 e. The molecule has 136 valence electrons. The van der Waals surface area contributed by atoms with Crippen molar-refractivity contribution in [2.45, 2.75) is 31.6 Å². The van der Waals surface area contributed by atoms with Crippen LogP contribution in [0.3, 0.4) is 0 Å². The minimum Gasteiger partial charge on any atom is -0.490 e. The Bertz CT molecular complexity index is 650. The van der Waals surface area contributed by atoms with Crippen molar-refractivity contribution in [3.8, 4) is 17.0 Å². The van der Waals surface area contributed by atoms with E-state index in [2.05, 4.69) is 39.6 Å². The molecule has 2 aromatic rings. The van der Waals surface area contributed by atoms with Gasteiger partial charge >= 0.3 is 0 Å². The van der Waals surface area contributed by atoms with Crippen LogP contribution in [0, 0.1) is 0 Å². The minimum atomic E-state index is 0.277. The SMILES string of the molecule is CNCCN(C)Cc1cn[nH]c1-c1ccc(OC2CC(OC)C2)cc1. The molecule has 1 fully saturated rings. The van der Waals surface area contributed by atoms with Crippen molar-refractivity contribution in [3.63, 3.8) is 0 Å². The molecule has 0 amide bonds. The van der Waals surface area contributed by atoms with E-state index < -0.39 is 0 Å². The molecule has 1 aromatic carbocycles. The second-order valence-corrected chi connectivity index (χ2v) is 6.70. The Morgan fingerprint density at radius 3 is 2.68 bits per heavy atom. The molecule has 1 aliphatic carbocycles. The van der Waals surface area contributed by atoms with Crippen LogP contribution in [-0.4, -0.2) is 61.6 Å². The highest BCUT2D eigenvalue weighted by atomic mass is 16.5. The normalized spacial score (nSPS) is 19.8. The van der Waals surface area contributed by atoms with E-state index in [-0.39, 0.29) is 6.10 Å². The van der Waals surface area contributed by atoms with Crippen LogP contribution in [0.25, 0.3) is 11.3 Å². The largest absolute Gasteiger partial charge is 0.490 e. The monoisotopic (exact) mass is 344 g/mol. The first-order valence-corrected chi connectivity index (χ1v) is 8.85. The third-order valence-electron chi connectivity index (χ3n) is 4.73. The average Bonchev–Trinajstić information content (AvgIpc) is 3.04. The van der Waals surface area contributed by atoms with Gasteiger partial charge in [0.15, 0.2) is 0 Å². The molecule has 0 atom stereocenters. The molecule has 6 heteroatoms. The second kappa shape index (κ2) is 8.47. The molecule has 1 saturated carbocycles. The molecular formula is C19H28N4O2. The molecule has 0 saturated heterocycles. The number of aromatic amines is 1. The van der Waals surface area contributed by atoms with E-state index in [0.717, 1.165) is 49.5 Å². The Labute approximate surface area is 149 Å². The Morgan fingerprint density at radius 1 is 1.24 bits per heavy atom. The van der Waals surface area contributed by atoms with Gasteiger partial charge in [0.25, 0.3) is 0 Å². The number of H-pyrrole nitrogens is 1. The molecule has 0 unspecified atom stereocenters. The maximum absolute atomic E-state index is 5.97. The molecule has 3 rings (SSSR count). The Balaban J connectivity index is 1.60. The summed E-state index contributed by atoms with van der Waals surface area (Å²) < 4.78 is 11.3. The summed E-state index contributed by atoms with van der Waals surface area (Å²) in [4.78, 5) is 2.28. The van der Waals surface area contributed by atoms with Gasteiger partial charge in [-0.2, -0.15) is 5.10 Å². The summed E-state index contributed by atoms with van der Waals surface area (Å²) in [7, 11) is 5.85. The van der Waals surface area contributed by atoms with E-state index in [0.29, 0.717) is 6.10 Å². The summed E-state index contributed by atoms with van der Waals surface area (Å²) >= 11 is 0. The zero-order valence-electron chi connectivity index (χ0n) is 15.3. The van der Waals surface area contributed by atoms with Crippen LogP contribution in [0.5, 0.6) is 5.75 Å². The first kappa shape index (κ1) is 17.9. The summed E-state index contributed by atoms with van der Waals surface area (Å²) in [5.41, 5.74) is 3.41. The molecule has 0 spiro atoms. The quantitative estimate of drug-likeness (QED) is 0.731. The molecule has 1 aromatic heterocycles. The summed E-state index contributed by atoms with van der Waals surface area (Å²) in [5, 5.41) is 10.5. The van der Waals surface area contributed by atoms with E-state index in [4.69, 9.17) is 9.47 Å². The lowest BCUT2D eigenvalue weighted by atomic mass is 9.92. The van der Waals surface area contributed by atoms with Crippen LogP contribution < -0.4 is 10.1 Å². The van der Waals surface area contributed by atoms with E-state index in [1.807, 2.05) is 25.4 Å². The van der Waals surface area contributed by atoms with Crippen LogP contribution in [0.2, 0.25) is 0 Å². The molecule has 25 heavy (non-hydrogen) atoms. The van der Waals surface area contributed by atoms with Gasteiger partial charge in [-0.25, -0.2) is 0 Å². The lowest BCUT2D eigenvalue weighted by molar-refractivity contribution is -0.0380. The van der Waals surface area contributed by atoms with E-state index in [1.165, 1.54) is 5.56 Å². The maximum atomic E-state index is 5.97. The van der Waals surface area contributed by atoms with E-state index >= 15 is 0 Å². The molecular weight excluding hydrogens is 316 g/mol. The highest BCUT2D eigenvalue weighted by molar-refractivity contribution is 5.63. The van der Waals surface area contributed by atoms with Crippen LogP contribution in [0.15, 0.2) is 30.5 Å². The predicted octanol–water partition coefficient (Wildman–Crippen LogP) is 2.28. The minimum absolute atomic E-state index is 0.277. The topological polar surface area (TPSA) is 62.4 Å². The Morgan fingerprint density at radius 2 is 2.00 bits per heavy atom. The summed E-state index contributed by atoms with van der Waals surface area (Å²) in [6.45, 7) is 2.84. The lowest BCUT2D eigenvalue weighted by Crippen LogP contribution is -2.38. The van der Waals surface area contributed by atoms with Gasteiger partial charge in [-0.3, -0.25) is 5.10 Å². The molecule has 1 aliphatic rings. The molecule has 6 nitrogen and oxygen atoms in total. The zero-order chi connectivity index (χ0) is 17.6. The number of hydrogen-bond donors (Lipinski definition) is 2. The molecule has 2 N–H and O–H groups in total. The van der Waals surface area contributed by atoms with Gasteiger partial charge in [-0.15, -0.1) is 0 Å². The van der Waals surface area contributed by atoms with Crippen LogP contribution in [0.1, 0.15) is 18.4 Å². The fraction of sp³-hybridized carbons (Fsp3) is 0.526. The number of nitrogens with one attached hydrogen (secondary N) is 2. The van der Waals surface area contributed by atoms with Crippen molar-refractivity contribution in [1.29, 1.82) is 0 Å². The van der Waals surface area contributed by atoms with Crippen molar-refractivity contribution >= 4 is 0 Å².